The molecule has 2 aliphatic carbocycles. The molecule has 1 spiro atoms. The van der Waals surface area contributed by atoms with Crippen LogP contribution in [0.15, 0.2) is 4.99 Å². The lowest BCUT2D eigenvalue weighted by Gasteiger charge is -2.54. The summed E-state index contributed by atoms with van der Waals surface area (Å²) in [6.45, 7) is 10.1. The highest BCUT2D eigenvalue weighted by molar-refractivity contribution is 5.80. The molecule has 0 radical (unpaired) electrons. The molecule has 0 aromatic heterocycles. The number of ether oxygens (including phenoxy) is 3. The van der Waals surface area contributed by atoms with Gasteiger partial charge in [-0.15, -0.1) is 0 Å². The molecule has 6 nitrogen and oxygen atoms in total. The molecule has 0 aromatic rings. The SMILES string of the molecule is CCN=C(NC(C)COC1CCOC1)NC1CC(OCC)C12CCCC2. The van der Waals surface area contributed by atoms with E-state index in [0.717, 1.165) is 45.2 Å². The Labute approximate surface area is 158 Å². The van der Waals surface area contributed by atoms with Gasteiger partial charge >= 0.3 is 0 Å². The summed E-state index contributed by atoms with van der Waals surface area (Å²) in [5, 5.41) is 7.24. The molecule has 2 saturated carbocycles. The molecule has 6 heteroatoms. The Morgan fingerprint density at radius 1 is 1.27 bits per heavy atom. The van der Waals surface area contributed by atoms with Gasteiger partial charge in [0.05, 0.1) is 25.4 Å². The fraction of sp³-hybridized carbons (Fsp3) is 0.950. The van der Waals surface area contributed by atoms with Gasteiger partial charge in [0.1, 0.15) is 0 Å². The highest BCUT2D eigenvalue weighted by Crippen LogP contribution is 2.54. The van der Waals surface area contributed by atoms with Crippen molar-refractivity contribution in [1.82, 2.24) is 10.6 Å². The van der Waals surface area contributed by atoms with Gasteiger partial charge in [0.25, 0.3) is 0 Å². The Morgan fingerprint density at radius 3 is 2.73 bits per heavy atom. The van der Waals surface area contributed by atoms with Crippen LogP contribution in [0.4, 0.5) is 0 Å². The molecule has 3 fully saturated rings. The fourth-order valence-corrected chi connectivity index (χ4v) is 4.74. The Bertz CT molecular complexity index is 459. The van der Waals surface area contributed by atoms with Crippen LogP contribution in [0.2, 0.25) is 0 Å². The molecular formula is C20H37N3O3. The molecule has 1 heterocycles. The van der Waals surface area contributed by atoms with E-state index in [4.69, 9.17) is 14.2 Å². The Balaban J connectivity index is 1.50. The molecule has 4 atom stereocenters. The minimum absolute atomic E-state index is 0.218. The maximum atomic E-state index is 6.03. The fourth-order valence-electron chi connectivity index (χ4n) is 4.74. The van der Waals surface area contributed by atoms with Crippen molar-refractivity contribution in [2.45, 2.75) is 83.6 Å². The van der Waals surface area contributed by atoms with Crippen LogP contribution in [-0.4, -0.2) is 63.2 Å². The van der Waals surface area contributed by atoms with E-state index >= 15 is 0 Å². The van der Waals surface area contributed by atoms with Crippen LogP contribution in [0.1, 0.15) is 59.3 Å². The first-order valence-corrected chi connectivity index (χ1v) is 10.6. The third-order valence-corrected chi connectivity index (χ3v) is 6.17. The molecule has 4 unspecified atom stereocenters. The van der Waals surface area contributed by atoms with Crippen LogP contribution >= 0.6 is 0 Å². The standard InChI is InChI=1S/C20H37N3O3/c1-4-21-19(22-15(3)13-26-16-8-11-24-14-16)23-17-12-18(25-5-2)20(17)9-6-7-10-20/h15-18H,4-14H2,1-3H3,(H2,21,22,23). The van der Waals surface area contributed by atoms with E-state index in [-0.39, 0.29) is 12.1 Å². The van der Waals surface area contributed by atoms with Gasteiger partial charge in [-0.05, 0) is 46.5 Å². The largest absolute Gasteiger partial charge is 0.379 e. The van der Waals surface area contributed by atoms with Gasteiger partial charge in [-0.25, -0.2) is 0 Å². The predicted molar refractivity (Wildman–Crippen MR) is 104 cm³/mol. The minimum atomic E-state index is 0.218. The average Bonchev–Trinajstić information content (AvgIpc) is 3.32. The first kappa shape index (κ1) is 19.9. The second-order valence-electron chi connectivity index (χ2n) is 8.00. The van der Waals surface area contributed by atoms with Crippen LogP contribution < -0.4 is 10.6 Å². The number of nitrogens with one attached hydrogen (secondary N) is 2. The van der Waals surface area contributed by atoms with Crippen molar-refractivity contribution < 1.29 is 14.2 Å². The summed E-state index contributed by atoms with van der Waals surface area (Å²) in [4.78, 5) is 4.66. The van der Waals surface area contributed by atoms with Gasteiger partial charge < -0.3 is 24.8 Å². The third-order valence-electron chi connectivity index (χ3n) is 6.17. The maximum absolute atomic E-state index is 6.03. The number of rotatable bonds is 8. The third kappa shape index (κ3) is 4.52. The summed E-state index contributed by atoms with van der Waals surface area (Å²) < 4.78 is 17.3. The normalized spacial score (nSPS) is 31.8. The lowest BCUT2D eigenvalue weighted by atomic mass is 9.60. The second kappa shape index (κ2) is 9.38. The second-order valence-corrected chi connectivity index (χ2v) is 8.00. The summed E-state index contributed by atoms with van der Waals surface area (Å²) in [7, 11) is 0. The molecule has 150 valence electrons. The molecule has 0 aromatic carbocycles. The number of aliphatic imine (C=N–C) groups is 1. The zero-order valence-corrected chi connectivity index (χ0v) is 16.8. The molecule has 26 heavy (non-hydrogen) atoms. The van der Waals surface area contributed by atoms with E-state index in [1.54, 1.807) is 0 Å². The number of hydrogen-bond donors (Lipinski definition) is 2. The summed E-state index contributed by atoms with van der Waals surface area (Å²) in [5.74, 6) is 0.914. The first-order valence-electron chi connectivity index (χ1n) is 10.6. The molecule has 3 aliphatic rings. The lowest BCUT2D eigenvalue weighted by Crippen LogP contribution is -2.65. The van der Waals surface area contributed by atoms with E-state index in [0.29, 0.717) is 24.2 Å². The van der Waals surface area contributed by atoms with Crippen LogP contribution in [0.5, 0.6) is 0 Å². The molecule has 1 saturated heterocycles. The van der Waals surface area contributed by atoms with Crippen LogP contribution in [0.25, 0.3) is 0 Å². The molecule has 0 bridgehead atoms. The lowest BCUT2D eigenvalue weighted by molar-refractivity contribution is -0.125. The molecule has 0 amide bonds. The van der Waals surface area contributed by atoms with E-state index in [2.05, 4.69) is 36.4 Å². The van der Waals surface area contributed by atoms with Crippen molar-refractivity contribution >= 4 is 5.96 Å². The van der Waals surface area contributed by atoms with Gasteiger partial charge in [-0.1, -0.05) is 12.8 Å². The van der Waals surface area contributed by atoms with Gasteiger partial charge in [-0.2, -0.15) is 0 Å². The van der Waals surface area contributed by atoms with Crippen molar-refractivity contribution in [2.24, 2.45) is 10.4 Å². The van der Waals surface area contributed by atoms with E-state index in [1.165, 1.54) is 25.7 Å². The van der Waals surface area contributed by atoms with E-state index in [9.17, 15) is 0 Å². The molecular weight excluding hydrogens is 330 g/mol. The average molecular weight is 368 g/mol. The number of nitrogens with zero attached hydrogens (tertiary/aromatic N) is 1. The van der Waals surface area contributed by atoms with E-state index < -0.39 is 0 Å². The summed E-state index contributed by atoms with van der Waals surface area (Å²) >= 11 is 0. The zero-order chi connectivity index (χ0) is 18.4. The van der Waals surface area contributed by atoms with Crippen LogP contribution in [0, 0.1) is 5.41 Å². The quantitative estimate of drug-likeness (QED) is 0.510. The topological polar surface area (TPSA) is 64.1 Å². The Kier molecular flexibility index (Phi) is 7.18. The smallest absolute Gasteiger partial charge is 0.191 e. The van der Waals surface area contributed by atoms with Crippen LogP contribution in [-0.2, 0) is 14.2 Å². The zero-order valence-electron chi connectivity index (χ0n) is 16.8. The van der Waals surface area contributed by atoms with E-state index in [1.807, 2.05) is 0 Å². The minimum Gasteiger partial charge on any atom is -0.379 e. The highest BCUT2D eigenvalue weighted by atomic mass is 16.5. The molecule has 1 aliphatic heterocycles. The van der Waals surface area contributed by atoms with Crippen LogP contribution in [0.3, 0.4) is 0 Å². The highest BCUT2D eigenvalue weighted by Gasteiger charge is 2.57. The van der Waals surface area contributed by atoms with Crippen molar-refractivity contribution in [3.63, 3.8) is 0 Å². The predicted octanol–water partition coefficient (Wildman–Crippen LogP) is 2.47. The molecule has 2 N–H and O–H groups in total. The van der Waals surface area contributed by atoms with Crippen molar-refractivity contribution in [3.05, 3.63) is 0 Å². The summed E-state index contributed by atoms with van der Waals surface area (Å²) in [6.07, 6.45) is 7.95. The monoisotopic (exact) mass is 367 g/mol. The van der Waals surface area contributed by atoms with Gasteiger partial charge in [-0.3, -0.25) is 4.99 Å². The van der Waals surface area contributed by atoms with Gasteiger partial charge in [0.2, 0.25) is 0 Å². The summed E-state index contributed by atoms with van der Waals surface area (Å²) in [6, 6.07) is 0.686. The van der Waals surface area contributed by atoms with Gasteiger partial charge in [0, 0.05) is 37.3 Å². The van der Waals surface area contributed by atoms with Gasteiger partial charge in [0.15, 0.2) is 5.96 Å². The Hall–Kier alpha value is -0.850. The Morgan fingerprint density at radius 2 is 2.08 bits per heavy atom. The number of hydrogen-bond acceptors (Lipinski definition) is 4. The van der Waals surface area contributed by atoms with Crippen molar-refractivity contribution in [2.75, 3.05) is 33.0 Å². The number of guanidine groups is 1. The maximum Gasteiger partial charge on any atom is 0.191 e. The first-order chi connectivity index (χ1) is 12.7. The van der Waals surface area contributed by atoms with Crippen molar-refractivity contribution in [3.8, 4) is 0 Å². The van der Waals surface area contributed by atoms with Crippen molar-refractivity contribution in [1.29, 1.82) is 0 Å². The molecule has 3 rings (SSSR count). The summed E-state index contributed by atoms with van der Waals surface area (Å²) in [5.41, 5.74) is 0.313.